The van der Waals surface area contributed by atoms with E-state index in [0.29, 0.717) is 0 Å². The van der Waals surface area contributed by atoms with Gasteiger partial charge >= 0.3 is 0 Å². The van der Waals surface area contributed by atoms with Crippen molar-refractivity contribution in [1.29, 1.82) is 0 Å². The third kappa shape index (κ3) is 2.61. The lowest BCUT2D eigenvalue weighted by Crippen LogP contribution is -2.56. The molecule has 0 aromatic heterocycles. The molecule has 120 valence electrons. The maximum atomic E-state index is 11.1. The van der Waals surface area contributed by atoms with Gasteiger partial charge in [0.15, 0.2) is 0 Å². The molecule has 2 atom stereocenters. The van der Waals surface area contributed by atoms with Crippen LogP contribution in [0, 0.1) is 23.2 Å². The van der Waals surface area contributed by atoms with Crippen molar-refractivity contribution in [3.05, 3.63) is 35.9 Å². The number of hydrogen-bond donors (Lipinski definition) is 2. The highest BCUT2D eigenvalue weighted by Gasteiger charge is 2.54. The van der Waals surface area contributed by atoms with E-state index >= 15 is 0 Å². The van der Waals surface area contributed by atoms with Gasteiger partial charge in [0, 0.05) is 12.6 Å². The Labute approximate surface area is 134 Å². The highest BCUT2D eigenvalue weighted by molar-refractivity contribution is 5.14. The van der Waals surface area contributed by atoms with E-state index in [2.05, 4.69) is 42.6 Å². The van der Waals surface area contributed by atoms with Gasteiger partial charge < -0.3 is 10.4 Å². The molecule has 0 amide bonds. The zero-order valence-electron chi connectivity index (χ0n) is 13.7. The van der Waals surface area contributed by atoms with Crippen molar-refractivity contribution in [3.63, 3.8) is 0 Å². The Morgan fingerprint density at radius 3 is 2.14 bits per heavy atom. The number of rotatable bonds is 5. The molecule has 2 heteroatoms. The zero-order valence-corrected chi connectivity index (χ0v) is 13.7. The topological polar surface area (TPSA) is 32.3 Å². The summed E-state index contributed by atoms with van der Waals surface area (Å²) in [5.74, 6) is 2.71. The Morgan fingerprint density at radius 1 is 1.05 bits per heavy atom. The van der Waals surface area contributed by atoms with Gasteiger partial charge in [0.2, 0.25) is 0 Å². The number of hydrogen-bond acceptors (Lipinski definition) is 2. The normalized spacial score (nSPS) is 38.9. The number of aliphatic hydroxyl groups excluding tert-OH is 1. The second-order valence-corrected chi connectivity index (χ2v) is 8.38. The van der Waals surface area contributed by atoms with Gasteiger partial charge in [0.25, 0.3) is 0 Å². The number of nitrogens with one attached hydrogen (secondary N) is 1. The van der Waals surface area contributed by atoms with Crippen LogP contribution in [0.4, 0.5) is 0 Å². The van der Waals surface area contributed by atoms with E-state index in [-0.39, 0.29) is 17.6 Å². The Hall–Kier alpha value is -0.860. The minimum Gasteiger partial charge on any atom is -0.391 e. The average Bonchev–Trinajstić information content (AvgIpc) is 2.51. The van der Waals surface area contributed by atoms with Crippen LogP contribution >= 0.6 is 0 Å². The lowest BCUT2D eigenvalue weighted by Gasteiger charge is -2.59. The number of aliphatic hydroxyl groups is 1. The summed E-state index contributed by atoms with van der Waals surface area (Å²) >= 11 is 0. The molecule has 4 aliphatic rings. The first-order valence-corrected chi connectivity index (χ1v) is 9.10. The first-order chi connectivity index (χ1) is 10.6. The van der Waals surface area contributed by atoms with Crippen LogP contribution in [0.2, 0.25) is 0 Å². The van der Waals surface area contributed by atoms with Crippen LogP contribution in [0.1, 0.15) is 51.0 Å². The molecule has 4 saturated carbocycles. The first kappa shape index (κ1) is 14.7. The quantitative estimate of drug-likeness (QED) is 0.868. The standard InChI is InChI=1S/C20H29NO/c1-14(21-13-15-5-3-2-4-6-15)19(22)20-10-16-7-17(11-20)9-18(8-16)12-20/h2-6,14,16-19,21-22H,7-13H2,1H3/t14-,16?,17?,18?,19-,20?/m0/s1. The molecular weight excluding hydrogens is 270 g/mol. The van der Waals surface area contributed by atoms with Gasteiger partial charge in [-0.25, -0.2) is 0 Å². The molecule has 0 unspecified atom stereocenters. The van der Waals surface area contributed by atoms with E-state index in [1.54, 1.807) is 0 Å². The molecule has 2 N–H and O–H groups in total. The van der Waals surface area contributed by atoms with Gasteiger partial charge in [-0.2, -0.15) is 0 Å². The van der Waals surface area contributed by atoms with Crippen LogP contribution in [0.5, 0.6) is 0 Å². The lowest BCUT2D eigenvalue weighted by atomic mass is 9.47. The van der Waals surface area contributed by atoms with Crippen LogP contribution in [0.3, 0.4) is 0 Å². The van der Waals surface area contributed by atoms with E-state index in [1.807, 2.05) is 0 Å². The molecule has 4 aliphatic carbocycles. The van der Waals surface area contributed by atoms with Gasteiger partial charge in [-0.05, 0) is 74.2 Å². The fourth-order valence-corrected chi connectivity index (χ4v) is 6.06. The molecule has 1 aromatic rings. The van der Waals surface area contributed by atoms with E-state index in [0.717, 1.165) is 24.3 Å². The van der Waals surface area contributed by atoms with Crippen LogP contribution in [-0.2, 0) is 6.54 Å². The van der Waals surface area contributed by atoms with Gasteiger partial charge in [0.05, 0.1) is 6.10 Å². The molecular formula is C20H29NO. The van der Waals surface area contributed by atoms with Gasteiger partial charge in [0.1, 0.15) is 0 Å². The van der Waals surface area contributed by atoms with Crippen molar-refractivity contribution >= 4 is 0 Å². The summed E-state index contributed by atoms with van der Waals surface area (Å²) in [6.45, 7) is 3.03. The summed E-state index contributed by atoms with van der Waals surface area (Å²) in [5, 5.41) is 14.7. The molecule has 1 aromatic carbocycles. The fourth-order valence-electron chi connectivity index (χ4n) is 6.06. The average molecular weight is 299 g/mol. The molecule has 0 aliphatic heterocycles. The van der Waals surface area contributed by atoms with E-state index in [4.69, 9.17) is 0 Å². The van der Waals surface area contributed by atoms with E-state index < -0.39 is 0 Å². The largest absolute Gasteiger partial charge is 0.391 e. The molecule has 0 spiro atoms. The summed E-state index contributed by atoms with van der Waals surface area (Å²) < 4.78 is 0. The zero-order chi connectivity index (χ0) is 15.2. The van der Waals surface area contributed by atoms with Crippen molar-refractivity contribution in [3.8, 4) is 0 Å². The molecule has 2 nitrogen and oxygen atoms in total. The van der Waals surface area contributed by atoms with E-state index in [1.165, 1.54) is 44.1 Å². The van der Waals surface area contributed by atoms with Crippen molar-refractivity contribution in [2.24, 2.45) is 23.2 Å². The van der Waals surface area contributed by atoms with Crippen LogP contribution in [-0.4, -0.2) is 17.3 Å². The monoisotopic (exact) mass is 299 g/mol. The Balaban J connectivity index is 1.41. The summed E-state index contributed by atoms with van der Waals surface area (Å²) in [4.78, 5) is 0. The van der Waals surface area contributed by atoms with Crippen LogP contribution in [0.15, 0.2) is 30.3 Å². The Morgan fingerprint density at radius 2 is 1.59 bits per heavy atom. The fraction of sp³-hybridized carbons (Fsp3) is 0.700. The van der Waals surface area contributed by atoms with Gasteiger partial charge in [-0.1, -0.05) is 30.3 Å². The van der Waals surface area contributed by atoms with E-state index in [9.17, 15) is 5.11 Å². The van der Waals surface area contributed by atoms with Crippen LogP contribution in [0.25, 0.3) is 0 Å². The first-order valence-electron chi connectivity index (χ1n) is 9.10. The maximum Gasteiger partial charge on any atom is 0.0746 e. The van der Waals surface area contributed by atoms with Crippen LogP contribution < -0.4 is 5.32 Å². The second-order valence-electron chi connectivity index (χ2n) is 8.38. The summed E-state index contributed by atoms with van der Waals surface area (Å²) in [5.41, 5.74) is 1.52. The molecule has 5 rings (SSSR count). The maximum absolute atomic E-state index is 11.1. The summed E-state index contributed by atoms with van der Waals surface area (Å²) in [7, 11) is 0. The highest BCUT2D eigenvalue weighted by atomic mass is 16.3. The van der Waals surface area contributed by atoms with Gasteiger partial charge in [-0.3, -0.25) is 0 Å². The minimum atomic E-state index is -0.190. The lowest BCUT2D eigenvalue weighted by molar-refractivity contribution is -0.128. The third-order valence-corrected chi connectivity index (χ3v) is 6.66. The third-order valence-electron chi connectivity index (χ3n) is 6.66. The molecule has 4 fully saturated rings. The Bertz CT molecular complexity index is 476. The van der Waals surface area contributed by atoms with Crippen molar-refractivity contribution in [1.82, 2.24) is 5.32 Å². The van der Waals surface area contributed by atoms with Crippen molar-refractivity contribution in [2.45, 2.75) is 64.1 Å². The Kier molecular flexibility index (Phi) is 3.78. The SMILES string of the molecule is C[C@H](NCc1ccccc1)[C@H](O)C12CC3CC(CC(C3)C1)C2. The minimum absolute atomic E-state index is 0.177. The van der Waals surface area contributed by atoms with Crippen molar-refractivity contribution in [2.75, 3.05) is 0 Å². The molecule has 0 saturated heterocycles. The summed E-state index contributed by atoms with van der Waals surface area (Å²) in [6.07, 6.45) is 7.96. The highest BCUT2D eigenvalue weighted by Crippen LogP contribution is 2.61. The summed E-state index contributed by atoms with van der Waals surface area (Å²) in [6, 6.07) is 10.7. The predicted molar refractivity (Wildman–Crippen MR) is 89.4 cm³/mol. The molecule has 4 bridgehead atoms. The van der Waals surface area contributed by atoms with Crippen molar-refractivity contribution < 1.29 is 5.11 Å². The smallest absolute Gasteiger partial charge is 0.0746 e. The molecule has 0 heterocycles. The second kappa shape index (κ2) is 5.65. The number of benzene rings is 1. The van der Waals surface area contributed by atoms with Gasteiger partial charge in [-0.15, -0.1) is 0 Å². The molecule has 0 radical (unpaired) electrons. The molecule has 22 heavy (non-hydrogen) atoms. The predicted octanol–water partition coefficient (Wildman–Crippen LogP) is 3.74.